The van der Waals surface area contributed by atoms with Crippen LogP contribution in [0.1, 0.15) is 24.2 Å². The predicted octanol–water partition coefficient (Wildman–Crippen LogP) is 5.64. The van der Waals surface area contributed by atoms with Gasteiger partial charge in [-0.05, 0) is 42.3 Å². The number of hydrogen-bond donors (Lipinski definition) is 2. The van der Waals surface area contributed by atoms with Crippen molar-refractivity contribution >= 4 is 52.3 Å². The van der Waals surface area contributed by atoms with E-state index < -0.39 is 24.5 Å². The summed E-state index contributed by atoms with van der Waals surface area (Å²) in [4.78, 5) is 25.2. The van der Waals surface area contributed by atoms with Gasteiger partial charge >= 0.3 is 6.61 Å². The Bertz CT molecular complexity index is 910. The van der Waals surface area contributed by atoms with Crippen molar-refractivity contribution < 1.29 is 23.1 Å². The van der Waals surface area contributed by atoms with Gasteiger partial charge in [0.25, 0.3) is 5.91 Å². The number of ether oxygens (including phenoxy) is 1. The molecule has 0 aliphatic heterocycles. The standard InChI is InChI=1S/C19H17Cl3F2N2O3/c1-9(2)16(26-17(27)12-5-3-10(20)7-13(12)21)18(28)25-11-4-6-15(14(22)8-11)29-19(23)24/h3-9,16,19H,1-2H3,(H,25,28)(H,26,27)/t16-/m0/s1. The van der Waals surface area contributed by atoms with Crippen LogP contribution in [0.4, 0.5) is 14.5 Å². The highest BCUT2D eigenvalue weighted by Gasteiger charge is 2.26. The van der Waals surface area contributed by atoms with Crippen molar-refractivity contribution in [3.63, 3.8) is 0 Å². The SMILES string of the molecule is CC(C)[C@H](NC(=O)c1ccc(Cl)cc1Cl)C(=O)Nc1ccc(OC(F)F)c(Cl)c1. The van der Waals surface area contributed by atoms with Crippen LogP contribution in [0.15, 0.2) is 36.4 Å². The Morgan fingerprint density at radius 2 is 1.69 bits per heavy atom. The van der Waals surface area contributed by atoms with Crippen LogP contribution in [-0.4, -0.2) is 24.5 Å². The smallest absolute Gasteiger partial charge is 0.387 e. The number of halogens is 5. The first-order chi connectivity index (χ1) is 13.6. The number of anilines is 1. The molecule has 0 aliphatic carbocycles. The highest BCUT2D eigenvalue weighted by atomic mass is 35.5. The molecule has 156 valence electrons. The third-order valence-electron chi connectivity index (χ3n) is 3.83. The number of nitrogens with one attached hydrogen (secondary N) is 2. The van der Waals surface area contributed by atoms with Crippen LogP contribution in [0.5, 0.6) is 5.75 Å². The average molecular weight is 466 g/mol. The zero-order chi connectivity index (χ0) is 21.7. The van der Waals surface area contributed by atoms with E-state index in [2.05, 4.69) is 15.4 Å². The first kappa shape index (κ1) is 23.2. The monoisotopic (exact) mass is 464 g/mol. The van der Waals surface area contributed by atoms with Gasteiger partial charge in [0, 0.05) is 10.7 Å². The lowest BCUT2D eigenvalue weighted by atomic mass is 10.0. The van der Waals surface area contributed by atoms with Crippen molar-refractivity contribution in [1.82, 2.24) is 5.32 Å². The van der Waals surface area contributed by atoms with Gasteiger partial charge < -0.3 is 15.4 Å². The average Bonchev–Trinajstić information content (AvgIpc) is 2.61. The zero-order valence-electron chi connectivity index (χ0n) is 15.3. The Kier molecular flexibility index (Phi) is 8.07. The second kappa shape index (κ2) is 10.1. The number of hydrogen-bond acceptors (Lipinski definition) is 3. The number of carbonyl (C=O) groups is 2. The molecule has 0 aliphatic rings. The van der Waals surface area contributed by atoms with Gasteiger partial charge in [0.2, 0.25) is 5.91 Å². The fourth-order valence-corrected chi connectivity index (χ4v) is 3.14. The molecule has 10 heteroatoms. The fraction of sp³-hybridized carbons (Fsp3) is 0.263. The van der Waals surface area contributed by atoms with E-state index in [9.17, 15) is 18.4 Å². The minimum absolute atomic E-state index is 0.0961. The Labute approximate surface area is 181 Å². The third kappa shape index (κ3) is 6.45. The molecule has 0 spiro atoms. The topological polar surface area (TPSA) is 67.4 Å². The number of alkyl halides is 2. The quantitative estimate of drug-likeness (QED) is 0.556. The molecule has 0 fully saturated rings. The van der Waals surface area contributed by atoms with Gasteiger partial charge in [-0.25, -0.2) is 0 Å². The highest BCUT2D eigenvalue weighted by Crippen LogP contribution is 2.29. The maximum Gasteiger partial charge on any atom is 0.387 e. The largest absolute Gasteiger partial charge is 0.433 e. The number of rotatable bonds is 7. The van der Waals surface area contributed by atoms with E-state index in [4.69, 9.17) is 34.8 Å². The number of carbonyl (C=O) groups excluding carboxylic acids is 2. The van der Waals surface area contributed by atoms with Crippen LogP contribution < -0.4 is 15.4 Å². The van der Waals surface area contributed by atoms with E-state index in [1.807, 2.05) is 0 Å². The van der Waals surface area contributed by atoms with E-state index in [1.54, 1.807) is 13.8 Å². The van der Waals surface area contributed by atoms with Crippen molar-refractivity contribution in [3.8, 4) is 5.75 Å². The summed E-state index contributed by atoms with van der Waals surface area (Å²) in [6.07, 6.45) is 0. The minimum atomic E-state index is -3.02. The van der Waals surface area contributed by atoms with Crippen LogP contribution in [0.3, 0.4) is 0 Å². The fourth-order valence-electron chi connectivity index (χ4n) is 2.42. The van der Waals surface area contributed by atoms with Crippen LogP contribution in [-0.2, 0) is 4.79 Å². The lowest BCUT2D eigenvalue weighted by Crippen LogP contribution is -2.47. The molecule has 0 bridgehead atoms. The van der Waals surface area contributed by atoms with E-state index >= 15 is 0 Å². The molecule has 2 amide bonds. The molecular formula is C19H17Cl3F2N2O3. The van der Waals surface area contributed by atoms with Crippen molar-refractivity contribution in [2.45, 2.75) is 26.5 Å². The molecule has 0 unspecified atom stereocenters. The van der Waals surface area contributed by atoms with E-state index in [1.165, 1.54) is 36.4 Å². The Hall–Kier alpha value is -2.09. The molecule has 0 saturated heterocycles. The summed E-state index contributed by atoms with van der Waals surface area (Å²) in [5.74, 6) is -1.54. The zero-order valence-corrected chi connectivity index (χ0v) is 17.6. The summed E-state index contributed by atoms with van der Waals surface area (Å²) < 4.78 is 28.9. The lowest BCUT2D eigenvalue weighted by Gasteiger charge is -2.22. The van der Waals surface area contributed by atoms with Crippen LogP contribution in [0, 0.1) is 5.92 Å². The third-order valence-corrected chi connectivity index (χ3v) is 4.67. The molecule has 2 aromatic rings. The van der Waals surface area contributed by atoms with Crippen LogP contribution >= 0.6 is 34.8 Å². The van der Waals surface area contributed by atoms with Gasteiger partial charge in [0.05, 0.1) is 15.6 Å². The van der Waals surface area contributed by atoms with Gasteiger partial charge in [0.1, 0.15) is 11.8 Å². The molecule has 0 saturated carbocycles. The molecule has 2 aromatic carbocycles. The maximum atomic E-state index is 12.7. The second-order valence-corrected chi connectivity index (χ2v) is 7.58. The molecule has 2 rings (SSSR count). The van der Waals surface area contributed by atoms with Gasteiger partial charge in [-0.3, -0.25) is 9.59 Å². The summed E-state index contributed by atoms with van der Waals surface area (Å²) in [7, 11) is 0. The van der Waals surface area contributed by atoms with E-state index in [-0.39, 0.29) is 33.0 Å². The van der Waals surface area contributed by atoms with Gasteiger partial charge in [-0.15, -0.1) is 0 Å². The molecule has 0 heterocycles. The van der Waals surface area contributed by atoms with Crippen molar-refractivity contribution in [2.75, 3.05) is 5.32 Å². The van der Waals surface area contributed by atoms with Crippen LogP contribution in [0.25, 0.3) is 0 Å². The van der Waals surface area contributed by atoms with Crippen LogP contribution in [0.2, 0.25) is 15.1 Å². The molecular weight excluding hydrogens is 449 g/mol. The van der Waals surface area contributed by atoms with Crippen molar-refractivity contribution in [3.05, 3.63) is 57.0 Å². The maximum absolute atomic E-state index is 12.7. The van der Waals surface area contributed by atoms with Crippen molar-refractivity contribution in [2.24, 2.45) is 5.92 Å². The molecule has 0 radical (unpaired) electrons. The molecule has 0 aromatic heterocycles. The summed E-state index contributed by atoms with van der Waals surface area (Å²) in [5, 5.41) is 5.65. The molecule has 2 N–H and O–H groups in total. The summed E-state index contributed by atoms with van der Waals surface area (Å²) in [6.45, 7) is 0.481. The molecule has 1 atom stereocenters. The lowest BCUT2D eigenvalue weighted by molar-refractivity contribution is -0.118. The molecule has 5 nitrogen and oxygen atoms in total. The Morgan fingerprint density at radius 1 is 1.00 bits per heavy atom. The highest BCUT2D eigenvalue weighted by molar-refractivity contribution is 6.36. The molecule has 29 heavy (non-hydrogen) atoms. The van der Waals surface area contributed by atoms with Gasteiger partial charge in [-0.1, -0.05) is 48.7 Å². The summed E-state index contributed by atoms with van der Waals surface area (Å²) in [6, 6.07) is 7.33. The predicted molar refractivity (Wildman–Crippen MR) is 109 cm³/mol. The summed E-state index contributed by atoms with van der Waals surface area (Å²) >= 11 is 17.8. The Morgan fingerprint density at radius 3 is 2.24 bits per heavy atom. The normalized spacial score (nSPS) is 12.0. The minimum Gasteiger partial charge on any atom is -0.433 e. The number of benzene rings is 2. The number of amides is 2. The van der Waals surface area contributed by atoms with E-state index in [0.29, 0.717) is 5.02 Å². The second-order valence-electron chi connectivity index (χ2n) is 6.33. The Balaban J connectivity index is 2.13. The van der Waals surface area contributed by atoms with Crippen molar-refractivity contribution in [1.29, 1.82) is 0 Å². The summed E-state index contributed by atoms with van der Waals surface area (Å²) in [5.41, 5.74) is 0.428. The van der Waals surface area contributed by atoms with Gasteiger partial charge in [0.15, 0.2) is 0 Å². The van der Waals surface area contributed by atoms with E-state index in [0.717, 1.165) is 0 Å². The van der Waals surface area contributed by atoms with Gasteiger partial charge in [-0.2, -0.15) is 8.78 Å². The first-order valence-corrected chi connectivity index (χ1v) is 9.53. The first-order valence-electron chi connectivity index (χ1n) is 8.39.